The van der Waals surface area contributed by atoms with Crippen LogP contribution in [0, 0.1) is 0 Å². The van der Waals surface area contributed by atoms with E-state index in [9.17, 15) is 5.11 Å². The third kappa shape index (κ3) is 3.22. The lowest BCUT2D eigenvalue weighted by Gasteiger charge is -2.18. The molecule has 0 aliphatic heterocycles. The van der Waals surface area contributed by atoms with Crippen LogP contribution < -0.4 is 0 Å². The second-order valence-electron chi connectivity index (χ2n) is 5.51. The van der Waals surface area contributed by atoms with Gasteiger partial charge in [0.2, 0.25) is 0 Å². The fraction of sp³-hybridized carbons (Fsp3) is 0.750. The van der Waals surface area contributed by atoms with Gasteiger partial charge >= 0.3 is 0 Å². The molecular weight excluding hydrogens is 208 g/mol. The SMILES string of the molecule is CCCC/C=C1/CCC(=C2CCCCC2)C1O. The Kier molecular flexibility index (Phi) is 4.85. The summed E-state index contributed by atoms with van der Waals surface area (Å²) in [6.07, 6.45) is 14.5. The number of hydrogen-bond donors (Lipinski definition) is 1. The zero-order valence-electron chi connectivity index (χ0n) is 11.2. The highest BCUT2D eigenvalue weighted by molar-refractivity contribution is 5.34. The van der Waals surface area contributed by atoms with Gasteiger partial charge in [-0.05, 0) is 56.1 Å². The first-order valence-electron chi connectivity index (χ1n) is 7.40. The van der Waals surface area contributed by atoms with E-state index in [0.29, 0.717) is 0 Å². The molecule has 2 rings (SSSR count). The monoisotopic (exact) mass is 234 g/mol. The van der Waals surface area contributed by atoms with E-state index in [1.54, 1.807) is 5.57 Å². The number of allylic oxidation sites excluding steroid dienone is 2. The van der Waals surface area contributed by atoms with Gasteiger partial charge in [-0.2, -0.15) is 0 Å². The van der Waals surface area contributed by atoms with Gasteiger partial charge in [0.25, 0.3) is 0 Å². The number of hydrogen-bond acceptors (Lipinski definition) is 1. The van der Waals surface area contributed by atoms with E-state index in [0.717, 1.165) is 19.3 Å². The molecule has 2 aliphatic carbocycles. The molecule has 0 heterocycles. The molecule has 1 nitrogen and oxygen atoms in total. The molecule has 0 aromatic rings. The first-order valence-corrected chi connectivity index (χ1v) is 7.40. The number of rotatable bonds is 3. The smallest absolute Gasteiger partial charge is 0.0963 e. The third-order valence-electron chi connectivity index (χ3n) is 4.24. The van der Waals surface area contributed by atoms with E-state index in [4.69, 9.17) is 0 Å². The molecule has 2 saturated carbocycles. The van der Waals surface area contributed by atoms with Crippen LogP contribution in [0.3, 0.4) is 0 Å². The van der Waals surface area contributed by atoms with E-state index >= 15 is 0 Å². The topological polar surface area (TPSA) is 20.2 Å². The van der Waals surface area contributed by atoms with Crippen molar-refractivity contribution in [2.45, 2.75) is 77.2 Å². The third-order valence-corrected chi connectivity index (χ3v) is 4.24. The van der Waals surface area contributed by atoms with Gasteiger partial charge in [0.05, 0.1) is 6.10 Å². The summed E-state index contributed by atoms with van der Waals surface area (Å²) in [7, 11) is 0. The fourth-order valence-electron chi connectivity index (χ4n) is 3.15. The highest BCUT2D eigenvalue weighted by Crippen LogP contribution is 2.37. The summed E-state index contributed by atoms with van der Waals surface area (Å²) in [4.78, 5) is 0. The molecular formula is C16H26O. The maximum Gasteiger partial charge on any atom is 0.0963 e. The predicted octanol–water partition coefficient (Wildman–Crippen LogP) is 4.52. The summed E-state index contributed by atoms with van der Waals surface area (Å²) in [6.45, 7) is 2.22. The summed E-state index contributed by atoms with van der Waals surface area (Å²) >= 11 is 0. The molecule has 2 fully saturated rings. The number of aliphatic hydroxyl groups is 1. The van der Waals surface area contributed by atoms with E-state index < -0.39 is 0 Å². The van der Waals surface area contributed by atoms with Crippen LogP contribution in [-0.4, -0.2) is 11.2 Å². The highest BCUT2D eigenvalue weighted by atomic mass is 16.3. The van der Waals surface area contributed by atoms with E-state index in [1.165, 1.54) is 56.1 Å². The van der Waals surface area contributed by atoms with Crippen molar-refractivity contribution in [2.75, 3.05) is 0 Å². The Morgan fingerprint density at radius 2 is 1.88 bits per heavy atom. The molecule has 0 aromatic heterocycles. The summed E-state index contributed by atoms with van der Waals surface area (Å²) in [6, 6.07) is 0. The molecule has 0 saturated heterocycles. The van der Waals surface area contributed by atoms with Crippen LogP contribution in [0.2, 0.25) is 0 Å². The Bertz CT molecular complexity index is 303. The van der Waals surface area contributed by atoms with Crippen molar-refractivity contribution in [3.63, 3.8) is 0 Å². The van der Waals surface area contributed by atoms with Crippen molar-refractivity contribution in [3.05, 3.63) is 22.8 Å². The lowest BCUT2D eigenvalue weighted by molar-refractivity contribution is 0.252. The Morgan fingerprint density at radius 3 is 2.59 bits per heavy atom. The molecule has 0 bridgehead atoms. The molecule has 17 heavy (non-hydrogen) atoms. The number of aliphatic hydroxyl groups excluding tert-OH is 1. The largest absolute Gasteiger partial charge is 0.384 e. The minimum absolute atomic E-state index is 0.222. The second-order valence-corrected chi connectivity index (χ2v) is 5.51. The molecule has 2 aliphatic rings. The maximum atomic E-state index is 10.4. The Hall–Kier alpha value is -0.560. The van der Waals surface area contributed by atoms with Crippen LogP contribution in [0.25, 0.3) is 0 Å². The molecule has 0 aromatic carbocycles. The molecule has 0 amide bonds. The molecule has 1 unspecified atom stereocenters. The normalized spacial score (nSPS) is 28.1. The van der Waals surface area contributed by atoms with Crippen molar-refractivity contribution >= 4 is 0 Å². The molecule has 0 radical (unpaired) electrons. The van der Waals surface area contributed by atoms with Gasteiger partial charge < -0.3 is 5.11 Å². The average Bonchev–Trinajstić information content (AvgIpc) is 2.73. The van der Waals surface area contributed by atoms with Gasteiger partial charge in [-0.25, -0.2) is 0 Å². The Morgan fingerprint density at radius 1 is 1.12 bits per heavy atom. The van der Waals surface area contributed by atoms with Crippen molar-refractivity contribution in [3.8, 4) is 0 Å². The number of unbranched alkanes of at least 4 members (excludes halogenated alkanes) is 2. The van der Waals surface area contributed by atoms with Crippen LogP contribution >= 0.6 is 0 Å². The fourth-order valence-corrected chi connectivity index (χ4v) is 3.15. The molecule has 1 heteroatoms. The first kappa shape index (κ1) is 12.9. The zero-order chi connectivity index (χ0) is 12.1. The minimum Gasteiger partial charge on any atom is -0.384 e. The van der Waals surface area contributed by atoms with Gasteiger partial charge in [0.1, 0.15) is 0 Å². The summed E-state index contributed by atoms with van der Waals surface area (Å²) < 4.78 is 0. The first-order chi connectivity index (χ1) is 8.33. The Labute approximate surface area is 106 Å². The van der Waals surface area contributed by atoms with Gasteiger partial charge in [-0.1, -0.05) is 37.8 Å². The summed E-state index contributed by atoms with van der Waals surface area (Å²) in [5.41, 5.74) is 4.27. The van der Waals surface area contributed by atoms with Crippen molar-refractivity contribution in [2.24, 2.45) is 0 Å². The van der Waals surface area contributed by atoms with Crippen molar-refractivity contribution in [1.82, 2.24) is 0 Å². The van der Waals surface area contributed by atoms with Gasteiger partial charge in [-0.15, -0.1) is 0 Å². The average molecular weight is 234 g/mol. The summed E-state index contributed by atoms with van der Waals surface area (Å²) in [5, 5.41) is 10.4. The van der Waals surface area contributed by atoms with E-state index in [1.807, 2.05) is 0 Å². The van der Waals surface area contributed by atoms with Crippen molar-refractivity contribution < 1.29 is 5.11 Å². The predicted molar refractivity (Wildman–Crippen MR) is 73.0 cm³/mol. The van der Waals surface area contributed by atoms with Crippen LogP contribution in [-0.2, 0) is 0 Å². The quantitative estimate of drug-likeness (QED) is 0.562. The standard InChI is InChI=1S/C16H26O/c1-2-3-5-10-14-11-12-15(16(14)17)13-8-6-4-7-9-13/h10,16-17H,2-9,11-12H2,1H3/b14-10-. The second kappa shape index (κ2) is 6.39. The molecule has 1 N–H and O–H groups in total. The summed E-state index contributed by atoms with van der Waals surface area (Å²) in [5.74, 6) is 0. The maximum absolute atomic E-state index is 10.4. The molecule has 0 spiro atoms. The van der Waals surface area contributed by atoms with E-state index in [2.05, 4.69) is 13.0 Å². The zero-order valence-corrected chi connectivity index (χ0v) is 11.2. The van der Waals surface area contributed by atoms with Gasteiger partial charge in [0, 0.05) is 0 Å². The molecule has 96 valence electrons. The minimum atomic E-state index is -0.222. The van der Waals surface area contributed by atoms with Gasteiger partial charge in [0.15, 0.2) is 0 Å². The lowest BCUT2D eigenvalue weighted by atomic mass is 9.89. The van der Waals surface area contributed by atoms with E-state index in [-0.39, 0.29) is 6.10 Å². The van der Waals surface area contributed by atoms with Crippen LogP contribution in [0.4, 0.5) is 0 Å². The lowest BCUT2D eigenvalue weighted by Crippen LogP contribution is -2.09. The van der Waals surface area contributed by atoms with Crippen LogP contribution in [0.1, 0.15) is 71.1 Å². The Balaban J connectivity index is 2.01. The van der Waals surface area contributed by atoms with Crippen LogP contribution in [0.5, 0.6) is 0 Å². The van der Waals surface area contributed by atoms with Gasteiger partial charge in [-0.3, -0.25) is 0 Å². The molecule has 1 atom stereocenters. The highest BCUT2D eigenvalue weighted by Gasteiger charge is 2.26. The van der Waals surface area contributed by atoms with Crippen molar-refractivity contribution in [1.29, 1.82) is 0 Å². The van der Waals surface area contributed by atoms with Crippen LogP contribution in [0.15, 0.2) is 22.8 Å².